The van der Waals surface area contributed by atoms with Crippen LogP contribution < -0.4 is 5.32 Å². The number of benzene rings is 1. The van der Waals surface area contributed by atoms with Crippen molar-refractivity contribution >= 4 is 0 Å². The Morgan fingerprint density at radius 1 is 1.00 bits per heavy atom. The molecular weight excluding hydrogens is 248 g/mol. The lowest BCUT2D eigenvalue weighted by Crippen LogP contribution is -2.23. The van der Waals surface area contributed by atoms with Crippen LogP contribution in [0.1, 0.15) is 30.5 Å². The van der Waals surface area contributed by atoms with Crippen LogP contribution in [0.15, 0.2) is 47.3 Å². The van der Waals surface area contributed by atoms with Crippen LogP contribution in [-0.2, 0) is 19.6 Å². The first-order chi connectivity index (χ1) is 9.83. The van der Waals surface area contributed by atoms with Gasteiger partial charge in [0.25, 0.3) is 0 Å². The maximum absolute atomic E-state index is 5.08. The lowest BCUT2D eigenvalue weighted by Gasteiger charge is -2.20. The highest BCUT2D eigenvalue weighted by Crippen LogP contribution is 2.12. The third kappa shape index (κ3) is 4.22. The lowest BCUT2D eigenvalue weighted by atomic mass is 10.1. The van der Waals surface area contributed by atoms with E-state index < -0.39 is 0 Å². The van der Waals surface area contributed by atoms with Crippen molar-refractivity contribution in [3.63, 3.8) is 0 Å². The summed E-state index contributed by atoms with van der Waals surface area (Å²) in [5, 5.41) is 3.48. The Bertz CT molecular complexity index is 489. The molecular formula is C17H24N2O. The summed E-state index contributed by atoms with van der Waals surface area (Å²) in [6.45, 7) is 9.36. The van der Waals surface area contributed by atoms with Gasteiger partial charge in [-0.05, 0) is 30.3 Å². The number of furan rings is 1. The molecule has 108 valence electrons. The molecule has 1 N–H and O–H groups in total. The minimum absolute atomic E-state index is 0.843. The maximum Gasteiger partial charge on any atom is 0.0947 e. The molecule has 20 heavy (non-hydrogen) atoms. The average molecular weight is 272 g/mol. The van der Waals surface area contributed by atoms with E-state index in [1.807, 2.05) is 6.07 Å². The Morgan fingerprint density at radius 3 is 2.40 bits per heavy atom. The molecule has 0 saturated carbocycles. The highest BCUT2D eigenvalue weighted by Gasteiger charge is 2.06. The molecule has 0 unspecified atom stereocenters. The summed E-state index contributed by atoms with van der Waals surface area (Å²) in [5.41, 5.74) is 3.98. The number of hydrogen-bond donors (Lipinski definition) is 1. The van der Waals surface area contributed by atoms with Crippen LogP contribution >= 0.6 is 0 Å². The summed E-state index contributed by atoms with van der Waals surface area (Å²) in [6.07, 6.45) is 3.50. The van der Waals surface area contributed by atoms with E-state index in [0.29, 0.717) is 0 Å². The smallest absolute Gasteiger partial charge is 0.0947 e. The summed E-state index contributed by atoms with van der Waals surface area (Å²) < 4.78 is 5.08. The molecule has 0 atom stereocenters. The largest absolute Gasteiger partial charge is 0.472 e. The first-order valence-electron chi connectivity index (χ1n) is 7.34. The van der Waals surface area contributed by atoms with E-state index in [9.17, 15) is 0 Å². The van der Waals surface area contributed by atoms with E-state index in [0.717, 1.165) is 32.7 Å². The zero-order valence-electron chi connectivity index (χ0n) is 12.4. The molecule has 0 spiro atoms. The van der Waals surface area contributed by atoms with E-state index in [1.54, 1.807) is 12.5 Å². The van der Waals surface area contributed by atoms with E-state index >= 15 is 0 Å². The second-order valence-electron chi connectivity index (χ2n) is 4.97. The van der Waals surface area contributed by atoms with Gasteiger partial charge < -0.3 is 9.73 Å². The minimum Gasteiger partial charge on any atom is -0.472 e. The number of rotatable bonds is 8. The van der Waals surface area contributed by atoms with Crippen LogP contribution in [0.4, 0.5) is 0 Å². The Hall–Kier alpha value is -1.58. The maximum atomic E-state index is 5.08. The fourth-order valence-corrected chi connectivity index (χ4v) is 2.31. The second kappa shape index (κ2) is 7.88. The van der Waals surface area contributed by atoms with Crippen molar-refractivity contribution in [1.82, 2.24) is 10.2 Å². The van der Waals surface area contributed by atoms with Crippen LogP contribution in [-0.4, -0.2) is 18.0 Å². The quantitative estimate of drug-likeness (QED) is 0.798. The van der Waals surface area contributed by atoms with Gasteiger partial charge in [0.1, 0.15) is 0 Å². The average Bonchev–Trinajstić information content (AvgIpc) is 2.99. The van der Waals surface area contributed by atoms with Crippen molar-refractivity contribution in [2.45, 2.75) is 33.5 Å². The van der Waals surface area contributed by atoms with Crippen LogP contribution in [0.2, 0.25) is 0 Å². The molecule has 0 bridgehead atoms. The summed E-state index contributed by atoms with van der Waals surface area (Å²) >= 11 is 0. The number of nitrogens with zero attached hydrogens (tertiary/aromatic N) is 1. The van der Waals surface area contributed by atoms with Gasteiger partial charge in [-0.15, -0.1) is 0 Å². The van der Waals surface area contributed by atoms with E-state index in [-0.39, 0.29) is 0 Å². The number of hydrogen-bond acceptors (Lipinski definition) is 3. The molecule has 0 fully saturated rings. The van der Waals surface area contributed by atoms with Gasteiger partial charge in [-0.25, -0.2) is 0 Å². The van der Waals surface area contributed by atoms with Crippen molar-refractivity contribution < 1.29 is 4.42 Å². The predicted molar refractivity (Wildman–Crippen MR) is 82.3 cm³/mol. The first-order valence-corrected chi connectivity index (χ1v) is 7.34. The molecule has 0 saturated heterocycles. The molecule has 0 aliphatic rings. The zero-order valence-corrected chi connectivity index (χ0v) is 12.4. The molecule has 2 aromatic rings. The molecule has 2 rings (SSSR count). The third-order valence-corrected chi connectivity index (χ3v) is 3.63. The van der Waals surface area contributed by atoms with Crippen molar-refractivity contribution in [3.8, 4) is 0 Å². The van der Waals surface area contributed by atoms with E-state index in [4.69, 9.17) is 4.42 Å². The Kier molecular flexibility index (Phi) is 5.84. The molecule has 0 aliphatic heterocycles. The summed E-state index contributed by atoms with van der Waals surface area (Å²) in [4.78, 5) is 2.44. The molecule has 3 nitrogen and oxygen atoms in total. The molecule has 1 aromatic heterocycles. The standard InChI is InChI=1S/C17H24N2O/c1-3-19(4-2)13-17-8-6-5-7-16(17)12-18-11-15-9-10-20-14-15/h5-10,14,18H,3-4,11-13H2,1-2H3. The zero-order chi connectivity index (χ0) is 14.2. The predicted octanol–water partition coefficient (Wildman–Crippen LogP) is 3.41. The third-order valence-electron chi connectivity index (χ3n) is 3.63. The normalized spacial score (nSPS) is 11.2. The molecule has 0 aliphatic carbocycles. The van der Waals surface area contributed by atoms with Gasteiger partial charge >= 0.3 is 0 Å². The Balaban J connectivity index is 1.93. The monoisotopic (exact) mass is 272 g/mol. The Labute approximate surface area is 121 Å². The molecule has 3 heteroatoms. The minimum atomic E-state index is 0.843. The van der Waals surface area contributed by atoms with Gasteiger partial charge in [0, 0.05) is 25.2 Å². The van der Waals surface area contributed by atoms with Gasteiger partial charge in [0.15, 0.2) is 0 Å². The lowest BCUT2D eigenvalue weighted by molar-refractivity contribution is 0.294. The first kappa shape index (κ1) is 14.8. The van der Waals surface area contributed by atoms with Crippen LogP contribution in [0.25, 0.3) is 0 Å². The highest BCUT2D eigenvalue weighted by atomic mass is 16.3. The molecule has 0 amide bonds. The topological polar surface area (TPSA) is 28.4 Å². The van der Waals surface area contributed by atoms with E-state index in [1.165, 1.54) is 16.7 Å². The second-order valence-corrected chi connectivity index (χ2v) is 4.97. The summed E-state index contributed by atoms with van der Waals surface area (Å²) in [6, 6.07) is 10.7. The van der Waals surface area contributed by atoms with Gasteiger partial charge in [-0.2, -0.15) is 0 Å². The highest BCUT2D eigenvalue weighted by molar-refractivity contribution is 5.27. The fraction of sp³-hybridized carbons (Fsp3) is 0.412. The van der Waals surface area contributed by atoms with Gasteiger partial charge in [-0.1, -0.05) is 38.1 Å². The van der Waals surface area contributed by atoms with E-state index in [2.05, 4.69) is 48.3 Å². The molecule has 1 heterocycles. The van der Waals surface area contributed by atoms with Crippen molar-refractivity contribution in [3.05, 3.63) is 59.5 Å². The van der Waals surface area contributed by atoms with Crippen molar-refractivity contribution in [1.29, 1.82) is 0 Å². The van der Waals surface area contributed by atoms with Crippen molar-refractivity contribution in [2.75, 3.05) is 13.1 Å². The van der Waals surface area contributed by atoms with Gasteiger partial charge in [0.05, 0.1) is 12.5 Å². The van der Waals surface area contributed by atoms with Crippen LogP contribution in [0.3, 0.4) is 0 Å². The van der Waals surface area contributed by atoms with Gasteiger partial charge in [-0.3, -0.25) is 4.90 Å². The van der Waals surface area contributed by atoms with Gasteiger partial charge in [0.2, 0.25) is 0 Å². The van der Waals surface area contributed by atoms with Crippen LogP contribution in [0, 0.1) is 0 Å². The SMILES string of the molecule is CCN(CC)Cc1ccccc1CNCc1ccoc1. The Morgan fingerprint density at radius 2 is 1.75 bits per heavy atom. The molecule has 1 aromatic carbocycles. The molecule has 0 radical (unpaired) electrons. The fourth-order valence-electron chi connectivity index (χ4n) is 2.31. The van der Waals surface area contributed by atoms with Crippen molar-refractivity contribution in [2.24, 2.45) is 0 Å². The summed E-state index contributed by atoms with van der Waals surface area (Å²) in [7, 11) is 0. The number of nitrogens with one attached hydrogen (secondary N) is 1. The summed E-state index contributed by atoms with van der Waals surface area (Å²) in [5.74, 6) is 0. The van der Waals surface area contributed by atoms with Crippen LogP contribution in [0.5, 0.6) is 0 Å².